The summed E-state index contributed by atoms with van der Waals surface area (Å²) in [5.74, 6) is -0.247. The average Bonchev–Trinajstić information content (AvgIpc) is 2.45. The highest BCUT2D eigenvalue weighted by Gasteiger charge is 2.23. The third-order valence-corrected chi connectivity index (χ3v) is 3.74. The zero-order valence-electron chi connectivity index (χ0n) is 12.8. The number of aliphatic carboxylic acids is 1. The van der Waals surface area contributed by atoms with Crippen molar-refractivity contribution in [2.24, 2.45) is 5.92 Å². The molecule has 0 heterocycles. The first-order valence-electron chi connectivity index (χ1n) is 7.55. The van der Waals surface area contributed by atoms with Crippen molar-refractivity contribution < 1.29 is 14.6 Å². The van der Waals surface area contributed by atoms with Gasteiger partial charge in [0.25, 0.3) is 0 Å². The Bertz CT molecular complexity index is 414. The molecule has 3 nitrogen and oxygen atoms in total. The van der Waals surface area contributed by atoms with E-state index in [0.29, 0.717) is 0 Å². The molecule has 0 bridgehead atoms. The summed E-state index contributed by atoms with van der Waals surface area (Å²) in [4.78, 5) is 11.2. The Kier molecular flexibility index (Phi) is 7.13. The average molecular weight is 278 g/mol. The third-order valence-electron chi connectivity index (χ3n) is 3.74. The van der Waals surface area contributed by atoms with Crippen molar-refractivity contribution in [2.75, 3.05) is 6.61 Å². The third kappa shape index (κ3) is 4.87. The van der Waals surface area contributed by atoms with Crippen molar-refractivity contribution in [3.8, 4) is 5.75 Å². The van der Waals surface area contributed by atoms with Gasteiger partial charge in [-0.2, -0.15) is 0 Å². The molecule has 0 aliphatic carbocycles. The van der Waals surface area contributed by atoms with Gasteiger partial charge in [-0.1, -0.05) is 45.7 Å². The minimum absolute atomic E-state index is 0.0340. The molecule has 0 saturated heterocycles. The van der Waals surface area contributed by atoms with Gasteiger partial charge in [-0.3, -0.25) is 4.79 Å². The van der Waals surface area contributed by atoms with Crippen LogP contribution < -0.4 is 4.74 Å². The van der Waals surface area contributed by atoms with Crippen molar-refractivity contribution in [3.63, 3.8) is 0 Å². The molecule has 0 aliphatic rings. The van der Waals surface area contributed by atoms with E-state index in [4.69, 9.17) is 4.74 Å². The smallest absolute Gasteiger partial charge is 0.306 e. The highest BCUT2D eigenvalue weighted by atomic mass is 16.5. The molecule has 1 aromatic carbocycles. The van der Waals surface area contributed by atoms with Crippen molar-refractivity contribution in [3.05, 3.63) is 29.8 Å². The Morgan fingerprint density at radius 1 is 1.30 bits per heavy atom. The summed E-state index contributed by atoms with van der Waals surface area (Å²) in [6, 6.07) is 7.86. The van der Waals surface area contributed by atoms with Crippen LogP contribution in [0.4, 0.5) is 0 Å². The van der Waals surface area contributed by atoms with Gasteiger partial charge >= 0.3 is 5.97 Å². The fourth-order valence-corrected chi connectivity index (χ4v) is 2.43. The SMILES string of the molecule is CCCCCOc1cccc([C@@H](CC)[C@H](C)C(=O)O)c1. The van der Waals surface area contributed by atoms with E-state index < -0.39 is 5.97 Å². The van der Waals surface area contributed by atoms with E-state index in [1.165, 1.54) is 12.8 Å². The van der Waals surface area contributed by atoms with Gasteiger partial charge in [0, 0.05) is 0 Å². The Hall–Kier alpha value is -1.51. The predicted octanol–water partition coefficient (Wildman–Crippen LogP) is 4.47. The van der Waals surface area contributed by atoms with Gasteiger partial charge in [0.1, 0.15) is 5.75 Å². The van der Waals surface area contributed by atoms with Gasteiger partial charge in [-0.25, -0.2) is 0 Å². The number of benzene rings is 1. The number of ether oxygens (including phenoxy) is 1. The lowest BCUT2D eigenvalue weighted by molar-refractivity contribution is -0.141. The molecular formula is C17H26O3. The summed E-state index contributed by atoms with van der Waals surface area (Å²) in [5.41, 5.74) is 1.05. The molecule has 1 aromatic rings. The van der Waals surface area contributed by atoms with Gasteiger partial charge in [0.05, 0.1) is 12.5 Å². The van der Waals surface area contributed by atoms with Crippen LogP contribution in [0.5, 0.6) is 5.75 Å². The Morgan fingerprint density at radius 3 is 2.65 bits per heavy atom. The zero-order chi connectivity index (χ0) is 15.0. The second-order valence-corrected chi connectivity index (χ2v) is 5.27. The minimum atomic E-state index is -0.744. The molecule has 0 unspecified atom stereocenters. The number of hydrogen-bond donors (Lipinski definition) is 1. The number of carboxylic acid groups (broad SMARTS) is 1. The van der Waals surface area contributed by atoms with E-state index >= 15 is 0 Å². The Morgan fingerprint density at radius 2 is 2.05 bits per heavy atom. The molecule has 1 N–H and O–H groups in total. The number of carboxylic acids is 1. The summed E-state index contributed by atoms with van der Waals surface area (Å²) < 4.78 is 5.74. The lowest BCUT2D eigenvalue weighted by Crippen LogP contribution is -2.18. The zero-order valence-corrected chi connectivity index (χ0v) is 12.8. The molecule has 20 heavy (non-hydrogen) atoms. The molecule has 1 rings (SSSR count). The fourth-order valence-electron chi connectivity index (χ4n) is 2.43. The number of unbranched alkanes of at least 4 members (excludes halogenated alkanes) is 2. The molecule has 0 saturated carbocycles. The molecule has 0 aromatic heterocycles. The Balaban J connectivity index is 2.72. The summed E-state index contributed by atoms with van der Waals surface area (Å²) in [6.07, 6.45) is 4.22. The number of carbonyl (C=O) groups is 1. The predicted molar refractivity (Wildman–Crippen MR) is 81.3 cm³/mol. The molecule has 0 amide bonds. The van der Waals surface area contributed by atoms with Gasteiger partial charge in [0.15, 0.2) is 0 Å². The van der Waals surface area contributed by atoms with Crippen LogP contribution >= 0.6 is 0 Å². The Labute approximate surface area is 122 Å². The maximum absolute atomic E-state index is 11.2. The quantitative estimate of drug-likeness (QED) is 0.678. The van der Waals surface area contributed by atoms with Gasteiger partial charge in [0.2, 0.25) is 0 Å². The summed E-state index contributed by atoms with van der Waals surface area (Å²) in [5, 5.41) is 9.18. The largest absolute Gasteiger partial charge is 0.494 e. The van der Waals surface area contributed by atoms with E-state index in [9.17, 15) is 9.90 Å². The van der Waals surface area contributed by atoms with Crippen LogP contribution in [0.25, 0.3) is 0 Å². The van der Waals surface area contributed by atoms with Gasteiger partial charge in [-0.15, -0.1) is 0 Å². The molecule has 0 aliphatic heterocycles. The van der Waals surface area contributed by atoms with Gasteiger partial charge in [-0.05, 0) is 36.5 Å². The second-order valence-electron chi connectivity index (χ2n) is 5.27. The van der Waals surface area contributed by atoms with Crippen LogP contribution in [0, 0.1) is 5.92 Å². The lowest BCUT2D eigenvalue weighted by Gasteiger charge is -2.20. The van der Waals surface area contributed by atoms with Crippen LogP contribution in [-0.4, -0.2) is 17.7 Å². The normalized spacial score (nSPS) is 13.8. The van der Waals surface area contributed by atoms with E-state index in [0.717, 1.165) is 30.8 Å². The first kappa shape index (κ1) is 16.5. The second kappa shape index (κ2) is 8.62. The summed E-state index contributed by atoms with van der Waals surface area (Å²) >= 11 is 0. The van der Waals surface area contributed by atoms with Crippen LogP contribution in [0.2, 0.25) is 0 Å². The van der Waals surface area contributed by atoms with Crippen molar-refractivity contribution >= 4 is 5.97 Å². The van der Waals surface area contributed by atoms with Crippen LogP contribution in [-0.2, 0) is 4.79 Å². The number of hydrogen-bond acceptors (Lipinski definition) is 2. The van der Waals surface area contributed by atoms with E-state index in [1.54, 1.807) is 6.92 Å². The highest BCUT2D eigenvalue weighted by molar-refractivity contribution is 5.71. The molecule has 112 valence electrons. The van der Waals surface area contributed by atoms with Gasteiger partial charge < -0.3 is 9.84 Å². The molecule has 0 fully saturated rings. The first-order valence-corrected chi connectivity index (χ1v) is 7.55. The topological polar surface area (TPSA) is 46.5 Å². The van der Waals surface area contributed by atoms with Crippen LogP contribution in [0.15, 0.2) is 24.3 Å². The van der Waals surface area contributed by atoms with Crippen molar-refractivity contribution in [1.82, 2.24) is 0 Å². The first-order chi connectivity index (χ1) is 9.60. The maximum Gasteiger partial charge on any atom is 0.306 e. The van der Waals surface area contributed by atoms with E-state index in [1.807, 2.05) is 31.2 Å². The highest BCUT2D eigenvalue weighted by Crippen LogP contribution is 2.30. The van der Waals surface area contributed by atoms with E-state index in [2.05, 4.69) is 6.92 Å². The summed E-state index contributed by atoms with van der Waals surface area (Å²) in [7, 11) is 0. The minimum Gasteiger partial charge on any atom is -0.494 e. The monoisotopic (exact) mass is 278 g/mol. The fraction of sp³-hybridized carbons (Fsp3) is 0.588. The summed E-state index contributed by atoms with van der Waals surface area (Å²) in [6.45, 7) is 6.69. The molecule has 0 radical (unpaired) electrons. The molecule has 2 atom stereocenters. The molecule has 0 spiro atoms. The van der Waals surface area contributed by atoms with Crippen LogP contribution in [0.1, 0.15) is 57.9 Å². The van der Waals surface area contributed by atoms with Crippen molar-refractivity contribution in [1.29, 1.82) is 0 Å². The molecular weight excluding hydrogens is 252 g/mol. The van der Waals surface area contributed by atoms with Crippen molar-refractivity contribution in [2.45, 2.75) is 52.4 Å². The number of rotatable bonds is 9. The standard InChI is InChI=1S/C17H26O3/c1-4-6-7-11-20-15-10-8-9-14(12-15)16(5-2)13(3)17(18)19/h8-10,12-13,16H,4-7,11H2,1-3H3,(H,18,19)/t13-,16-/m0/s1. The molecule has 3 heteroatoms. The lowest BCUT2D eigenvalue weighted by atomic mass is 9.85. The van der Waals surface area contributed by atoms with Crippen LogP contribution in [0.3, 0.4) is 0 Å². The maximum atomic E-state index is 11.2. The van der Waals surface area contributed by atoms with E-state index in [-0.39, 0.29) is 11.8 Å².